The third kappa shape index (κ3) is 1.09. The number of rotatable bonds is 0. The van der Waals surface area contributed by atoms with Crippen LogP contribution in [0, 0.1) is 22.6 Å². The summed E-state index contributed by atoms with van der Waals surface area (Å²) in [4.78, 5) is 0. The van der Waals surface area contributed by atoms with E-state index < -0.39 is 0 Å². The molecule has 0 aromatic rings. The number of hydrogen-bond donors (Lipinski definition) is 0. The molecule has 1 aliphatic rings. The summed E-state index contributed by atoms with van der Waals surface area (Å²) in [6.45, 7) is -0.255. The summed E-state index contributed by atoms with van der Waals surface area (Å²) in [5, 5.41) is 17.0. The first kappa shape index (κ1) is 6.64. The summed E-state index contributed by atoms with van der Waals surface area (Å²) in [5.74, 6) is 3.53. The van der Waals surface area contributed by atoms with Crippen LogP contribution in [0.15, 0.2) is 24.2 Å². The highest BCUT2D eigenvalue weighted by Crippen LogP contribution is 2.14. The van der Waals surface area contributed by atoms with E-state index >= 15 is 0 Å². The zero-order chi connectivity index (χ0) is 7.40. The SMILES string of the molecule is N#CB1C=CC=CC1C#N. The fraction of sp³-hybridized carbons (Fsp3) is 0.143. The normalized spacial score (nSPS) is 21.8. The van der Waals surface area contributed by atoms with Crippen LogP contribution < -0.4 is 0 Å². The second-order valence-electron chi connectivity index (χ2n) is 2.08. The standard InChI is InChI=1S/C7H5BN2/c9-5-7-3-1-2-4-8(7)6-10/h1-4,7H. The van der Waals surface area contributed by atoms with Crippen LogP contribution in [0.5, 0.6) is 0 Å². The molecule has 46 valence electrons. The third-order valence-corrected chi connectivity index (χ3v) is 1.43. The van der Waals surface area contributed by atoms with Gasteiger partial charge in [-0.15, -0.1) is 0 Å². The second kappa shape index (κ2) is 2.89. The van der Waals surface area contributed by atoms with Gasteiger partial charge in [-0.05, 0) is 0 Å². The van der Waals surface area contributed by atoms with Crippen LogP contribution in [0.2, 0.25) is 5.82 Å². The highest BCUT2D eigenvalue weighted by molar-refractivity contribution is 6.74. The zero-order valence-electron chi connectivity index (χ0n) is 5.36. The molecule has 1 atom stereocenters. The van der Waals surface area contributed by atoms with Gasteiger partial charge in [-0.25, -0.2) is 5.26 Å². The number of nitriles is 2. The topological polar surface area (TPSA) is 47.6 Å². The van der Waals surface area contributed by atoms with Crippen LogP contribution in [-0.4, -0.2) is 6.71 Å². The summed E-state index contributed by atoms with van der Waals surface area (Å²) >= 11 is 0. The fourth-order valence-electron chi connectivity index (χ4n) is 0.854. The summed E-state index contributed by atoms with van der Waals surface area (Å²) in [5.41, 5.74) is 0. The molecule has 0 N–H and O–H groups in total. The lowest BCUT2D eigenvalue weighted by atomic mass is 9.41. The van der Waals surface area contributed by atoms with Crippen molar-refractivity contribution >= 4 is 6.71 Å². The highest BCUT2D eigenvalue weighted by atomic mass is 14.3. The molecular weight excluding hydrogens is 123 g/mol. The smallest absolute Gasteiger partial charge is 0.212 e. The Morgan fingerprint density at radius 2 is 2.10 bits per heavy atom. The van der Waals surface area contributed by atoms with Gasteiger partial charge < -0.3 is 0 Å². The number of nitrogens with zero attached hydrogens (tertiary/aromatic N) is 2. The van der Waals surface area contributed by atoms with Gasteiger partial charge in [-0.1, -0.05) is 24.2 Å². The first-order valence-electron chi connectivity index (χ1n) is 3.02. The van der Waals surface area contributed by atoms with Gasteiger partial charge in [0.05, 0.1) is 11.9 Å². The van der Waals surface area contributed by atoms with Gasteiger partial charge in [0.25, 0.3) is 0 Å². The predicted molar refractivity (Wildman–Crippen MR) is 39.0 cm³/mol. The molecule has 0 bridgehead atoms. The molecule has 0 aromatic heterocycles. The third-order valence-electron chi connectivity index (χ3n) is 1.43. The second-order valence-corrected chi connectivity index (χ2v) is 2.08. The molecule has 10 heavy (non-hydrogen) atoms. The van der Waals surface area contributed by atoms with Gasteiger partial charge in [0.2, 0.25) is 0 Å². The molecule has 0 saturated carbocycles. The van der Waals surface area contributed by atoms with Crippen molar-refractivity contribution in [3.8, 4) is 12.0 Å². The minimum atomic E-state index is -0.255. The Kier molecular flexibility index (Phi) is 1.92. The number of allylic oxidation sites excluding steroid dienone is 3. The minimum Gasteiger partial charge on any atom is -0.212 e. The van der Waals surface area contributed by atoms with E-state index in [-0.39, 0.29) is 12.5 Å². The summed E-state index contributed by atoms with van der Waals surface area (Å²) < 4.78 is 0. The summed E-state index contributed by atoms with van der Waals surface area (Å²) in [6.07, 6.45) is 5.33. The van der Waals surface area contributed by atoms with Gasteiger partial charge in [0.1, 0.15) is 0 Å². The van der Waals surface area contributed by atoms with Gasteiger partial charge in [-0.3, -0.25) is 0 Å². The van der Waals surface area contributed by atoms with Crippen LogP contribution >= 0.6 is 0 Å². The molecule has 2 nitrogen and oxygen atoms in total. The van der Waals surface area contributed by atoms with E-state index in [1.807, 2.05) is 12.0 Å². The predicted octanol–water partition coefficient (Wildman–Crippen LogP) is 1.10. The molecule has 1 rings (SSSR count). The maximum absolute atomic E-state index is 8.51. The Hall–Kier alpha value is -1.48. The van der Waals surface area contributed by atoms with Crippen molar-refractivity contribution in [2.24, 2.45) is 0 Å². The maximum Gasteiger partial charge on any atom is 0.314 e. The van der Waals surface area contributed by atoms with Crippen molar-refractivity contribution in [1.82, 2.24) is 0 Å². The molecule has 3 heteroatoms. The molecule has 0 amide bonds. The van der Waals surface area contributed by atoms with Crippen molar-refractivity contribution in [3.63, 3.8) is 0 Å². The zero-order valence-corrected chi connectivity index (χ0v) is 5.36. The van der Waals surface area contributed by atoms with E-state index in [0.29, 0.717) is 0 Å². The van der Waals surface area contributed by atoms with Crippen molar-refractivity contribution in [3.05, 3.63) is 24.2 Å². The molecule has 0 saturated heterocycles. The van der Waals surface area contributed by atoms with E-state index in [9.17, 15) is 0 Å². The minimum absolute atomic E-state index is 0.255. The van der Waals surface area contributed by atoms with Crippen molar-refractivity contribution in [2.45, 2.75) is 5.82 Å². The quantitative estimate of drug-likeness (QED) is 0.458. The van der Waals surface area contributed by atoms with Crippen LogP contribution in [0.1, 0.15) is 0 Å². The molecule has 1 heterocycles. The Morgan fingerprint density at radius 1 is 1.30 bits per heavy atom. The molecule has 1 unspecified atom stereocenters. The van der Waals surface area contributed by atoms with Gasteiger partial charge in [0.15, 0.2) is 0 Å². The highest BCUT2D eigenvalue weighted by Gasteiger charge is 2.21. The molecular formula is C7H5BN2. The average molecular weight is 128 g/mol. The Bertz CT molecular complexity index is 226. The first-order chi connectivity index (χ1) is 4.88. The Labute approximate surface area is 60.2 Å². The van der Waals surface area contributed by atoms with Crippen molar-refractivity contribution < 1.29 is 0 Å². The van der Waals surface area contributed by atoms with Crippen LogP contribution in [0.25, 0.3) is 0 Å². The van der Waals surface area contributed by atoms with E-state index in [1.165, 1.54) is 0 Å². The van der Waals surface area contributed by atoms with Gasteiger partial charge in [0, 0.05) is 5.97 Å². The van der Waals surface area contributed by atoms with Gasteiger partial charge >= 0.3 is 6.71 Å². The van der Waals surface area contributed by atoms with Crippen LogP contribution in [-0.2, 0) is 0 Å². The molecule has 0 fully saturated rings. The van der Waals surface area contributed by atoms with E-state index in [0.717, 1.165) is 0 Å². The molecule has 0 aliphatic carbocycles. The Morgan fingerprint density at radius 3 is 2.60 bits per heavy atom. The average Bonchev–Trinajstić information content (AvgIpc) is 2.04. The lowest BCUT2D eigenvalue weighted by Crippen LogP contribution is -2.15. The fourth-order valence-corrected chi connectivity index (χ4v) is 0.854. The van der Waals surface area contributed by atoms with Gasteiger partial charge in [-0.2, -0.15) is 5.26 Å². The first-order valence-corrected chi connectivity index (χ1v) is 3.02. The van der Waals surface area contributed by atoms with E-state index in [4.69, 9.17) is 10.5 Å². The monoisotopic (exact) mass is 128 g/mol. The van der Waals surface area contributed by atoms with E-state index in [2.05, 4.69) is 0 Å². The maximum atomic E-state index is 8.51. The van der Waals surface area contributed by atoms with Crippen LogP contribution in [0.4, 0.5) is 0 Å². The van der Waals surface area contributed by atoms with E-state index in [1.54, 1.807) is 24.2 Å². The largest absolute Gasteiger partial charge is 0.314 e. The number of hydrogen-bond acceptors (Lipinski definition) is 2. The Balaban J connectivity index is 2.78. The van der Waals surface area contributed by atoms with Crippen LogP contribution in [0.3, 0.4) is 0 Å². The molecule has 1 aliphatic heterocycles. The summed E-state index contributed by atoms with van der Waals surface area (Å²) in [6, 6.07) is 2.04. The molecule has 0 radical (unpaired) electrons. The molecule has 0 aromatic carbocycles. The van der Waals surface area contributed by atoms with Crippen molar-refractivity contribution in [2.75, 3.05) is 0 Å². The van der Waals surface area contributed by atoms with Crippen molar-refractivity contribution in [1.29, 1.82) is 10.5 Å². The lowest BCUT2D eigenvalue weighted by Gasteiger charge is -2.04. The molecule has 0 spiro atoms. The summed E-state index contributed by atoms with van der Waals surface area (Å²) in [7, 11) is 0. The lowest BCUT2D eigenvalue weighted by molar-refractivity contribution is 1.30.